The fourth-order valence-electron chi connectivity index (χ4n) is 0.326. The van der Waals surface area contributed by atoms with E-state index in [9.17, 15) is 0 Å². The maximum absolute atomic E-state index is 8.56. The number of aryl methyl sites for hydroxylation is 1. The van der Waals surface area contributed by atoms with Crippen LogP contribution in [0.15, 0.2) is 18.7 Å². The van der Waals surface area contributed by atoms with E-state index in [0.29, 0.717) is 0 Å². The second-order valence-corrected chi connectivity index (χ2v) is 1.51. The summed E-state index contributed by atoms with van der Waals surface area (Å²) in [7, 11) is 1.94. The molecule has 0 bridgehead atoms. The minimum Gasteiger partial charge on any atom is -0.450 e. The third-order valence-electron chi connectivity index (χ3n) is 0.637. The normalized spacial score (nSPS) is 7.00. The van der Waals surface area contributed by atoms with Crippen molar-refractivity contribution in [2.24, 2.45) is 7.05 Å². The molecule has 1 heterocycles. The van der Waals surface area contributed by atoms with E-state index < -0.39 is 6.16 Å². The van der Waals surface area contributed by atoms with E-state index >= 15 is 0 Å². The average molecular weight is 252 g/mol. The zero-order valence-electron chi connectivity index (χ0n) is 5.73. The molecule has 6 heteroatoms. The van der Waals surface area contributed by atoms with Gasteiger partial charge in [0.25, 0.3) is 0 Å². The Hall–Kier alpha value is -0.780. The average Bonchev–Trinajstić information content (AvgIpc) is 2.15. The number of carboxylic acid groups (broad SMARTS) is 2. The molecule has 0 atom stereocenters. The maximum Gasteiger partial charge on any atom is 0.503 e. The number of carbonyl (C=O) groups is 1. The van der Waals surface area contributed by atoms with Gasteiger partial charge in [0.1, 0.15) is 0 Å². The van der Waals surface area contributed by atoms with Gasteiger partial charge in [0.15, 0.2) is 0 Å². The van der Waals surface area contributed by atoms with Crippen LogP contribution in [0.25, 0.3) is 0 Å². The van der Waals surface area contributed by atoms with Gasteiger partial charge in [-0.2, -0.15) is 0 Å². The Morgan fingerprint density at radius 1 is 1.55 bits per heavy atom. The first kappa shape index (κ1) is 12.9. The second-order valence-electron chi connectivity index (χ2n) is 1.51. The number of hydrogen-bond donors (Lipinski definition) is 2. The molecule has 0 amide bonds. The summed E-state index contributed by atoms with van der Waals surface area (Å²) >= 11 is 0. The molecule has 5 nitrogen and oxygen atoms in total. The van der Waals surface area contributed by atoms with Gasteiger partial charge < -0.3 is 14.8 Å². The van der Waals surface area contributed by atoms with Gasteiger partial charge in [-0.15, -0.1) is 0 Å². The molecule has 1 rings (SSSR count). The molecular weight excluding hydrogens is 244 g/mol. The molecule has 0 unspecified atom stereocenters. The van der Waals surface area contributed by atoms with Crippen LogP contribution >= 0.6 is 0 Å². The van der Waals surface area contributed by atoms with Crippen LogP contribution in [0.2, 0.25) is 0 Å². The van der Waals surface area contributed by atoms with Crippen LogP contribution in [0.5, 0.6) is 0 Å². The van der Waals surface area contributed by atoms with Crippen LogP contribution < -0.4 is 0 Å². The first-order valence-corrected chi connectivity index (χ1v) is 2.46. The molecule has 67 valence electrons. The summed E-state index contributed by atoms with van der Waals surface area (Å²) in [6, 6.07) is 0. The molecule has 0 aromatic carbocycles. The van der Waals surface area contributed by atoms with Crippen molar-refractivity contribution in [3.63, 3.8) is 0 Å². The smallest absolute Gasteiger partial charge is 0.450 e. The fourth-order valence-corrected chi connectivity index (χ4v) is 0.326. The standard InChI is InChI=1S/C4H6N2.CH2O3.Ag/c1-6-3-2-5-4-6;2-1(3)4;/h2-4H,1H3;(H2,2,3,4);. The summed E-state index contributed by atoms with van der Waals surface area (Å²) in [5, 5.41) is 13.9. The fraction of sp³-hybridized carbons (Fsp3) is 0.200. The number of hydrogen-bond acceptors (Lipinski definition) is 2. The summed E-state index contributed by atoms with van der Waals surface area (Å²) < 4.78 is 1.89. The van der Waals surface area contributed by atoms with Crippen molar-refractivity contribution < 1.29 is 37.4 Å². The Morgan fingerprint density at radius 3 is 2.09 bits per heavy atom. The zero-order chi connectivity index (χ0) is 7.98. The Morgan fingerprint density at radius 2 is 2.00 bits per heavy atom. The second kappa shape index (κ2) is 7.33. The summed E-state index contributed by atoms with van der Waals surface area (Å²) in [4.78, 5) is 12.3. The minimum absolute atomic E-state index is 0. The van der Waals surface area contributed by atoms with Gasteiger partial charge in [-0.3, -0.25) is 0 Å². The van der Waals surface area contributed by atoms with Gasteiger partial charge in [0.2, 0.25) is 0 Å². The van der Waals surface area contributed by atoms with E-state index in [-0.39, 0.29) is 22.4 Å². The van der Waals surface area contributed by atoms with E-state index in [1.54, 1.807) is 12.5 Å². The van der Waals surface area contributed by atoms with E-state index in [0.717, 1.165) is 0 Å². The molecule has 2 N–H and O–H groups in total. The third-order valence-corrected chi connectivity index (χ3v) is 0.637. The first-order chi connectivity index (χ1) is 4.63. The number of imidazole rings is 1. The molecule has 1 radical (unpaired) electrons. The summed E-state index contributed by atoms with van der Waals surface area (Å²) in [6.45, 7) is 0. The molecule has 1 aromatic heterocycles. The number of rotatable bonds is 0. The van der Waals surface area contributed by atoms with Crippen molar-refractivity contribution in [2.75, 3.05) is 0 Å². The molecule has 0 saturated carbocycles. The molecule has 0 aliphatic heterocycles. The van der Waals surface area contributed by atoms with E-state index in [2.05, 4.69) is 4.98 Å². The Labute approximate surface area is 79.2 Å². The number of nitrogens with zero attached hydrogens (tertiary/aromatic N) is 2. The molecule has 0 saturated heterocycles. The Kier molecular flexibility index (Phi) is 8.57. The van der Waals surface area contributed by atoms with E-state index in [1.165, 1.54) is 0 Å². The first-order valence-electron chi connectivity index (χ1n) is 2.46. The summed E-state index contributed by atoms with van der Waals surface area (Å²) in [5.41, 5.74) is 0. The van der Waals surface area contributed by atoms with Crippen molar-refractivity contribution in [2.45, 2.75) is 0 Å². The SMILES string of the molecule is Cn1ccnc1.O=C(O)O.[Ag]. The Bertz CT molecular complexity index is 184. The quantitative estimate of drug-likeness (QED) is 0.664. The maximum atomic E-state index is 8.56. The molecule has 0 aliphatic rings. The largest absolute Gasteiger partial charge is 0.503 e. The van der Waals surface area contributed by atoms with E-state index in [4.69, 9.17) is 15.0 Å². The van der Waals surface area contributed by atoms with Gasteiger partial charge in [-0.05, 0) is 0 Å². The molecule has 0 spiro atoms. The van der Waals surface area contributed by atoms with Crippen LogP contribution in [0, 0.1) is 0 Å². The van der Waals surface area contributed by atoms with E-state index in [1.807, 2.05) is 17.8 Å². The topological polar surface area (TPSA) is 75.4 Å². The zero-order valence-corrected chi connectivity index (χ0v) is 7.21. The van der Waals surface area contributed by atoms with Gasteiger partial charge in [0.05, 0.1) is 6.33 Å². The van der Waals surface area contributed by atoms with Crippen molar-refractivity contribution in [1.82, 2.24) is 9.55 Å². The van der Waals surface area contributed by atoms with Crippen molar-refractivity contribution >= 4 is 6.16 Å². The van der Waals surface area contributed by atoms with Gasteiger partial charge in [0, 0.05) is 41.8 Å². The van der Waals surface area contributed by atoms with Crippen LogP contribution in [-0.2, 0) is 29.4 Å². The van der Waals surface area contributed by atoms with Crippen molar-refractivity contribution in [3.05, 3.63) is 18.7 Å². The van der Waals surface area contributed by atoms with Crippen molar-refractivity contribution in [1.29, 1.82) is 0 Å². The predicted octanol–water partition coefficient (Wildman–Crippen LogP) is 0.640. The third kappa shape index (κ3) is 12.4. The molecule has 11 heavy (non-hydrogen) atoms. The van der Waals surface area contributed by atoms with Gasteiger partial charge in [-0.1, -0.05) is 0 Å². The van der Waals surface area contributed by atoms with Gasteiger partial charge in [-0.25, -0.2) is 9.78 Å². The molecular formula is C5H8AgN2O3. The monoisotopic (exact) mass is 251 g/mol. The molecule has 0 fully saturated rings. The number of aromatic nitrogens is 2. The molecule has 0 aliphatic carbocycles. The van der Waals surface area contributed by atoms with Crippen LogP contribution in [0.4, 0.5) is 4.79 Å². The van der Waals surface area contributed by atoms with Gasteiger partial charge >= 0.3 is 6.16 Å². The van der Waals surface area contributed by atoms with Crippen LogP contribution in [0.1, 0.15) is 0 Å². The Balaban J connectivity index is 0. The van der Waals surface area contributed by atoms with Crippen molar-refractivity contribution in [3.8, 4) is 0 Å². The van der Waals surface area contributed by atoms with Crippen LogP contribution in [0.3, 0.4) is 0 Å². The summed E-state index contributed by atoms with van der Waals surface area (Å²) in [6.07, 6.45) is 3.56. The molecule has 1 aromatic rings. The van der Waals surface area contributed by atoms with Crippen LogP contribution in [-0.4, -0.2) is 25.9 Å². The predicted molar refractivity (Wildman–Crippen MR) is 33.9 cm³/mol. The minimum atomic E-state index is -1.83. The summed E-state index contributed by atoms with van der Waals surface area (Å²) in [5.74, 6) is 0.